The fraction of sp³-hybridized carbons (Fsp3) is 0.357. The molecule has 0 unspecified atom stereocenters. The molecule has 16 heavy (non-hydrogen) atoms. The zero-order valence-corrected chi connectivity index (χ0v) is 9.96. The van der Waals surface area contributed by atoms with E-state index in [1.165, 1.54) is 16.5 Å². The topological polar surface area (TPSA) is 38.9 Å². The van der Waals surface area contributed by atoms with Crippen molar-refractivity contribution < 1.29 is 0 Å². The molecule has 2 heteroatoms. The Morgan fingerprint density at radius 1 is 1.25 bits per heavy atom. The van der Waals surface area contributed by atoms with Crippen molar-refractivity contribution in [3.63, 3.8) is 0 Å². The van der Waals surface area contributed by atoms with E-state index in [4.69, 9.17) is 5.73 Å². The molecule has 0 fully saturated rings. The van der Waals surface area contributed by atoms with E-state index < -0.39 is 0 Å². The van der Waals surface area contributed by atoms with Crippen molar-refractivity contribution in [3.05, 3.63) is 41.1 Å². The third kappa shape index (κ3) is 1.93. The molecule has 1 aromatic heterocycles. The minimum Gasteiger partial charge on any atom is -0.330 e. The van der Waals surface area contributed by atoms with Gasteiger partial charge in [0.05, 0.1) is 5.52 Å². The molecule has 0 atom stereocenters. The van der Waals surface area contributed by atoms with Crippen LogP contribution in [0.4, 0.5) is 0 Å². The lowest BCUT2D eigenvalue weighted by atomic mass is 10.0. The van der Waals surface area contributed by atoms with Gasteiger partial charge in [-0.25, -0.2) is 0 Å². The van der Waals surface area contributed by atoms with Crippen LogP contribution < -0.4 is 5.73 Å². The van der Waals surface area contributed by atoms with Gasteiger partial charge in [0.25, 0.3) is 0 Å². The van der Waals surface area contributed by atoms with Crippen molar-refractivity contribution >= 4 is 10.9 Å². The van der Waals surface area contributed by atoms with Crippen LogP contribution in [0.25, 0.3) is 10.9 Å². The molecule has 2 nitrogen and oxygen atoms in total. The minimum absolute atomic E-state index is 0.689. The highest BCUT2D eigenvalue weighted by Gasteiger charge is 2.06. The summed E-state index contributed by atoms with van der Waals surface area (Å²) in [7, 11) is 0. The largest absolute Gasteiger partial charge is 0.330 e. The first-order valence-corrected chi connectivity index (χ1v) is 5.84. The van der Waals surface area contributed by atoms with E-state index in [0.29, 0.717) is 6.54 Å². The molecule has 0 bridgehead atoms. The normalized spacial score (nSPS) is 10.9. The summed E-state index contributed by atoms with van der Waals surface area (Å²) in [6.45, 7) is 4.90. The van der Waals surface area contributed by atoms with Gasteiger partial charge in [-0.3, -0.25) is 4.98 Å². The highest BCUT2D eigenvalue weighted by Crippen LogP contribution is 2.22. The van der Waals surface area contributed by atoms with Gasteiger partial charge in [0.15, 0.2) is 0 Å². The first kappa shape index (κ1) is 11.1. The molecule has 0 spiro atoms. The van der Waals surface area contributed by atoms with Crippen LogP contribution in [-0.2, 0) is 12.8 Å². The Hall–Kier alpha value is -1.41. The van der Waals surface area contributed by atoms with Crippen LogP contribution in [0.1, 0.15) is 23.7 Å². The van der Waals surface area contributed by atoms with E-state index in [1.807, 2.05) is 6.92 Å². The third-order valence-electron chi connectivity index (χ3n) is 2.93. The van der Waals surface area contributed by atoms with Gasteiger partial charge in [-0.1, -0.05) is 25.1 Å². The van der Waals surface area contributed by atoms with Crippen LogP contribution in [0.2, 0.25) is 0 Å². The standard InChI is InChI=1S/C14H18N2/c1-3-11-5-4-6-13-12(7-8-15)9-10(2)16-14(11)13/h4-6,9H,3,7-8,15H2,1-2H3. The van der Waals surface area contributed by atoms with Crippen molar-refractivity contribution in [3.8, 4) is 0 Å². The molecular weight excluding hydrogens is 196 g/mol. The van der Waals surface area contributed by atoms with Gasteiger partial charge in [0.2, 0.25) is 0 Å². The summed E-state index contributed by atoms with van der Waals surface area (Å²) in [5.74, 6) is 0. The van der Waals surface area contributed by atoms with Gasteiger partial charge in [-0.2, -0.15) is 0 Å². The number of benzene rings is 1. The molecule has 0 saturated carbocycles. The Kier molecular flexibility index (Phi) is 3.20. The van der Waals surface area contributed by atoms with Gasteiger partial charge in [-0.05, 0) is 43.5 Å². The smallest absolute Gasteiger partial charge is 0.0739 e. The first-order valence-electron chi connectivity index (χ1n) is 5.84. The highest BCUT2D eigenvalue weighted by molar-refractivity contribution is 5.85. The Morgan fingerprint density at radius 2 is 2.06 bits per heavy atom. The van der Waals surface area contributed by atoms with Gasteiger partial charge in [0.1, 0.15) is 0 Å². The molecule has 1 aromatic carbocycles. The molecule has 2 aromatic rings. The predicted molar refractivity (Wildman–Crippen MR) is 68.6 cm³/mol. The second kappa shape index (κ2) is 4.62. The number of aromatic nitrogens is 1. The Labute approximate surface area is 96.5 Å². The third-order valence-corrected chi connectivity index (χ3v) is 2.93. The van der Waals surface area contributed by atoms with Crippen molar-refractivity contribution in [1.29, 1.82) is 0 Å². The van der Waals surface area contributed by atoms with E-state index in [9.17, 15) is 0 Å². The zero-order valence-electron chi connectivity index (χ0n) is 9.96. The first-order chi connectivity index (χ1) is 7.76. The minimum atomic E-state index is 0.689. The van der Waals surface area contributed by atoms with Crippen LogP contribution in [0.5, 0.6) is 0 Å². The lowest BCUT2D eigenvalue weighted by molar-refractivity contribution is 0.970. The summed E-state index contributed by atoms with van der Waals surface area (Å²) in [5, 5.41) is 1.26. The molecule has 0 aliphatic rings. The van der Waals surface area contributed by atoms with E-state index in [-0.39, 0.29) is 0 Å². The predicted octanol–water partition coefficient (Wildman–Crippen LogP) is 2.61. The number of para-hydroxylation sites is 1. The number of rotatable bonds is 3. The number of hydrogen-bond donors (Lipinski definition) is 1. The maximum atomic E-state index is 5.65. The summed E-state index contributed by atoms with van der Waals surface area (Å²) in [6.07, 6.45) is 1.95. The molecule has 0 aliphatic carbocycles. The molecule has 1 heterocycles. The van der Waals surface area contributed by atoms with Crippen LogP contribution >= 0.6 is 0 Å². The van der Waals surface area contributed by atoms with Gasteiger partial charge in [0, 0.05) is 11.1 Å². The van der Waals surface area contributed by atoms with Crippen molar-refractivity contribution in [2.45, 2.75) is 26.7 Å². The maximum absolute atomic E-state index is 5.65. The SMILES string of the molecule is CCc1cccc2c(CCN)cc(C)nc12. The number of nitrogens with two attached hydrogens (primary N) is 1. The van der Waals surface area contributed by atoms with Crippen molar-refractivity contribution in [2.75, 3.05) is 6.54 Å². The summed E-state index contributed by atoms with van der Waals surface area (Å²) >= 11 is 0. The lowest BCUT2D eigenvalue weighted by Gasteiger charge is -2.09. The molecule has 2 N–H and O–H groups in total. The number of nitrogens with zero attached hydrogens (tertiary/aromatic N) is 1. The number of aryl methyl sites for hydroxylation is 2. The number of hydrogen-bond acceptors (Lipinski definition) is 2. The quantitative estimate of drug-likeness (QED) is 0.853. The van der Waals surface area contributed by atoms with Crippen LogP contribution in [-0.4, -0.2) is 11.5 Å². The maximum Gasteiger partial charge on any atom is 0.0739 e. The summed E-state index contributed by atoms with van der Waals surface area (Å²) in [6, 6.07) is 8.56. The molecule has 0 amide bonds. The van der Waals surface area contributed by atoms with Crippen molar-refractivity contribution in [2.24, 2.45) is 5.73 Å². The van der Waals surface area contributed by atoms with Gasteiger partial charge in [-0.15, -0.1) is 0 Å². The van der Waals surface area contributed by atoms with Crippen LogP contribution in [0.3, 0.4) is 0 Å². The summed E-state index contributed by atoms with van der Waals surface area (Å²) in [4.78, 5) is 4.65. The molecule has 84 valence electrons. The van der Waals surface area contributed by atoms with Gasteiger partial charge >= 0.3 is 0 Å². The molecule has 0 saturated heterocycles. The second-order valence-corrected chi connectivity index (χ2v) is 4.13. The van der Waals surface area contributed by atoms with Crippen LogP contribution in [0.15, 0.2) is 24.3 Å². The van der Waals surface area contributed by atoms with E-state index >= 15 is 0 Å². The molecule has 0 radical (unpaired) electrons. The monoisotopic (exact) mass is 214 g/mol. The Balaban J connectivity index is 2.72. The fourth-order valence-electron chi connectivity index (χ4n) is 2.17. The van der Waals surface area contributed by atoms with E-state index in [1.54, 1.807) is 0 Å². The van der Waals surface area contributed by atoms with Crippen molar-refractivity contribution in [1.82, 2.24) is 4.98 Å². The van der Waals surface area contributed by atoms with Crippen LogP contribution in [0, 0.1) is 6.92 Å². The Bertz CT molecular complexity index is 503. The average Bonchev–Trinajstić information content (AvgIpc) is 2.28. The second-order valence-electron chi connectivity index (χ2n) is 4.13. The molecule has 0 aliphatic heterocycles. The molecule has 2 rings (SSSR count). The zero-order chi connectivity index (χ0) is 11.5. The number of pyridine rings is 1. The van der Waals surface area contributed by atoms with E-state index in [2.05, 4.69) is 36.2 Å². The van der Waals surface area contributed by atoms with E-state index in [0.717, 1.165) is 24.1 Å². The average molecular weight is 214 g/mol. The summed E-state index contributed by atoms with van der Waals surface area (Å²) in [5.41, 5.74) is 10.5. The fourth-order valence-corrected chi connectivity index (χ4v) is 2.17. The summed E-state index contributed by atoms with van der Waals surface area (Å²) < 4.78 is 0. The Morgan fingerprint density at radius 3 is 2.75 bits per heavy atom. The highest BCUT2D eigenvalue weighted by atomic mass is 14.7. The lowest BCUT2D eigenvalue weighted by Crippen LogP contribution is -2.04. The molecular formula is C14H18N2. The van der Waals surface area contributed by atoms with Gasteiger partial charge < -0.3 is 5.73 Å². The number of fused-ring (bicyclic) bond motifs is 1.